The van der Waals surface area contributed by atoms with Crippen LogP contribution in [0.15, 0.2) is 12.7 Å². The van der Waals surface area contributed by atoms with Crippen LogP contribution in [0.4, 0.5) is 0 Å². The maximum Gasteiger partial charge on any atom is 0.0198 e. The Morgan fingerprint density at radius 3 is 2.93 bits per heavy atom. The number of rotatable bonds is 7. The van der Waals surface area contributed by atoms with Crippen LogP contribution in [0.3, 0.4) is 0 Å². The highest BCUT2D eigenvalue weighted by Gasteiger charge is 2.23. The van der Waals surface area contributed by atoms with Gasteiger partial charge in [0.2, 0.25) is 0 Å². The van der Waals surface area contributed by atoms with Crippen LogP contribution in [-0.4, -0.2) is 35.6 Å². The van der Waals surface area contributed by atoms with Crippen molar-refractivity contribution in [3.63, 3.8) is 0 Å². The van der Waals surface area contributed by atoms with Gasteiger partial charge in [0.05, 0.1) is 0 Å². The van der Waals surface area contributed by atoms with Gasteiger partial charge in [-0.3, -0.25) is 0 Å². The van der Waals surface area contributed by atoms with Gasteiger partial charge < -0.3 is 5.32 Å². The number of hydrogen-bond acceptors (Lipinski definition) is 3. The molecule has 2 unspecified atom stereocenters. The standard InChI is InChI=1S/C12H23NS2/c1-3-9-15-10-8-13-11-6-4-5-7-12(11)14-2/h3,11-13H,1,4-10H2,2H3. The van der Waals surface area contributed by atoms with Crippen molar-refractivity contribution in [2.45, 2.75) is 37.0 Å². The molecule has 1 aliphatic carbocycles. The zero-order valence-corrected chi connectivity index (χ0v) is 11.3. The van der Waals surface area contributed by atoms with E-state index in [0.29, 0.717) is 0 Å². The zero-order valence-electron chi connectivity index (χ0n) is 9.71. The minimum absolute atomic E-state index is 0.762. The van der Waals surface area contributed by atoms with Gasteiger partial charge in [0.15, 0.2) is 0 Å². The predicted molar refractivity (Wildman–Crippen MR) is 75.1 cm³/mol. The van der Waals surface area contributed by atoms with E-state index in [1.165, 1.54) is 31.4 Å². The van der Waals surface area contributed by atoms with E-state index in [0.717, 1.165) is 23.6 Å². The molecule has 88 valence electrons. The molecule has 1 aliphatic rings. The molecular formula is C12H23NS2. The Kier molecular flexibility index (Phi) is 7.67. The van der Waals surface area contributed by atoms with Gasteiger partial charge in [-0.2, -0.15) is 23.5 Å². The molecule has 1 fully saturated rings. The molecule has 1 saturated carbocycles. The molecule has 1 nitrogen and oxygen atoms in total. The third kappa shape index (κ3) is 5.32. The van der Waals surface area contributed by atoms with Crippen molar-refractivity contribution in [1.29, 1.82) is 0 Å². The summed E-state index contributed by atoms with van der Waals surface area (Å²) in [5, 5.41) is 4.56. The Labute approximate surface area is 103 Å². The fourth-order valence-electron chi connectivity index (χ4n) is 2.10. The normalized spacial score (nSPS) is 26.5. The number of nitrogens with one attached hydrogen (secondary N) is 1. The van der Waals surface area contributed by atoms with E-state index >= 15 is 0 Å². The smallest absolute Gasteiger partial charge is 0.0198 e. The lowest BCUT2D eigenvalue weighted by Crippen LogP contribution is -2.41. The number of hydrogen-bond donors (Lipinski definition) is 1. The maximum absolute atomic E-state index is 3.73. The van der Waals surface area contributed by atoms with Gasteiger partial charge in [0, 0.05) is 29.3 Å². The second kappa shape index (κ2) is 8.54. The molecule has 0 radical (unpaired) electrons. The summed E-state index contributed by atoms with van der Waals surface area (Å²) >= 11 is 4.00. The Morgan fingerprint density at radius 1 is 1.40 bits per heavy atom. The van der Waals surface area contributed by atoms with Crippen LogP contribution < -0.4 is 5.32 Å². The van der Waals surface area contributed by atoms with Crippen molar-refractivity contribution in [3.8, 4) is 0 Å². The van der Waals surface area contributed by atoms with Crippen molar-refractivity contribution in [2.75, 3.05) is 24.3 Å². The molecule has 0 aromatic rings. The summed E-state index contributed by atoms with van der Waals surface area (Å²) in [7, 11) is 0. The van der Waals surface area contributed by atoms with Crippen molar-refractivity contribution in [1.82, 2.24) is 5.32 Å². The first-order chi connectivity index (χ1) is 7.38. The lowest BCUT2D eigenvalue weighted by Gasteiger charge is -2.31. The van der Waals surface area contributed by atoms with E-state index in [1.807, 2.05) is 29.6 Å². The molecule has 0 aromatic carbocycles. The predicted octanol–water partition coefficient (Wildman–Crippen LogP) is 3.17. The molecule has 0 aromatic heterocycles. The van der Waals surface area contributed by atoms with E-state index < -0.39 is 0 Å². The van der Waals surface area contributed by atoms with Gasteiger partial charge in [0.25, 0.3) is 0 Å². The molecule has 0 spiro atoms. The summed E-state index contributed by atoms with van der Waals surface area (Å²) < 4.78 is 0. The molecule has 0 aliphatic heterocycles. The summed E-state index contributed by atoms with van der Waals surface area (Å²) in [5.74, 6) is 2.29. The summed E-state index contributed by atoms with van der Waals surface area (Å²) in [6.45, 7) is 4.88. The van der Waals surface area contributed by atoms with Crippen LogP contribution in [-0.2, 0) is 0 Å². The van der Waals surface area contributed by atoms with Crippen molar-refractivity contribution < 1.29 is 0 Å². The second-order valence-electron chi connectivity index (χ2n) is 3.98. The molecular weight excluding hydrogens is 222 g/mol. The third-order valence-corrected chi connectivity index (χ3v) is 5.03. The molecule has 1 rings (SSSR count). The van der Waals surface area contributed by atoms with Crippen LogP contribution in [0, 0.1) is 0 Å². The minimum atomic E-state index is 0.762. The highest BCUT2D eigenvalue weighted by molar-refractivity contribution is 7.99. The molecule has 0 bridgehead atoms. The zero-order chi connectivity index (χ0) is 10.9. The van der Waals surface area contributed by atoms with Gasteiger partial charge in [-0.15, -0.1) is 6.58 Å². The summed E-state index contributed by atoms with van der Waals surface area (Å²) in [6, 6.07) is 0.762. The van der Waals surface area contributed by atoms with Crippen molar-refractivity contribution >= 4 is 23.5 Å². The molecule has 0 amide bonds. The van der Waals surface area contributed by atoms with E-state index in [2.05, 4.69) is 18.2 Å². The monoisotopic (exact) mass is 245 g/mol. The summed E-state index contributed by atoms with van der Waals surface area (Å²) in [5.41, 5.74) is 0. The Bertz CT molecular complexity index is 173. The number of thioether (sulfide) groups is 2. The van der Waals surface area contributed by atoms with Gasteiger partial charge >= 0.3 is 0 Å². The van der Waals surface area contributed by atoms with E-state index in [4.69, 9.17) is 0 Å². The van der Waals surface area contributed by atoms with E-state index in [1.54, 1.807) is 0 Å². The first-order valence-corrected chi connectivity index (χ1v) is 8.27. The van der Waals surface area contributed by atoms with Gasteiger partial charge in [-0.1, -0.05) is 18.9 Å². The molecule has 15 heavy (non-hydrogen) atoms. The van der Waals surface area contributed by atoms with Crippen LogP contribution in [0.1, 0.15) is 25.7 Å². The van der Waals surface area contributed by atoms with Crippen LogP contribution in [0.2, 0.25) is 0 Å². The van der Waals surface area contributed by atoms with E-state index in [-0.39, 0.29) is 0 Å². The van der Waals surface area contributed by atoms with Gasteiger partial charge in [-0.25, -0.2) is 0 Å². The fourth-order valence-corrected chi connectivity index (χ4v) is 3.65. The molecule has 2 atom stereocenters. The van der Waals surface area contributed by atoms with Gasteiger partial charge in [0.1, 0.15) is 0 Å². The quantitative estimate of drug-likeness (QED) is 0.546. The second-order valence-corrected chi connectivity index (χ2v) is 6.21. The highest BCUT2D eigenvalue weighted by Crippen LogP contribution is 2.26. The van der Waals surface area contributed by atoms with Crippen molar-refractivity contribution in [3.05, 3.63) is 12.7 Å². The lowest BCUT2D eigenvalue weighted by molar-refractivity contribution is 0.392. The van der Waals surface area contributed by atoms with E-state index in [9.17, 15) is 0 Å². The highest BCUT2D eigenvalue weighted by atomic mass is 32.2. The molecule has 1 N–H and O–H groups in total. The average Bonchev–Trinajstić information content (AvgIpc) is 2.29. The minimum Gasteiger partial charge on any atom is -0.312 e. The summed E-state index contributed by atoms with van der Waals surface area (Å²) in [6.07, 6.45) is 9.84. The summed E-state index contributed by atoms with van der Waals surface area (Å²) in [4.78, 5) is 0. The fraction of sp³-hybridized carbons (Fsp3) is 0.833. The molecule has 0 heterocycles. The Balaban J connectivity index is 2.09. The van der Waals surface area contributed by atoms with Gasteiger partial charge in [-0.05, 0) is 19.1 Å². The molecule has 0 saturated heterocycles. The SMILES string of the molecule is C=CCSCCNC1CCCCC1SC. The van der Waals surface area contributed by atoms with Crippen LogP contribution >= 0.6 is 23.5 Å². The van der Waals surface area contributed by atoms with Crippen LogP contribution in [0.25, 0.3) is 0 Å². The van der Waals surface area contributed by atoms with Crippen molar-refractivity contribution in [2.24, 2.45) is 0 Å². The Hall–Kier alpha value is 0.400. The Morgan fingerprint density at radius 2 is 2.20 bits per heavy atom. The lowest BCUT2D eigenvalue weighted by atomic mass is 9.95. The maximum atomic E-state index is 3.73. The first kappa shape index (κ1) is 13.5. The van der Waals surface area contributed by atoms with Crippen LogP contribution in [0.5, 0.6) is 0 Å². The largest absolute Gasteiger partial charge is 0.312 e. The third-order valence-electron chi connectivity index (χ3n) is 2.89. The molecule has 3 heteroatoms. The average molecular weight is 245 g/mol. The topological polar surface area (TPSA) is 12.0 Å². The first-order valence-electron chi connectivity index (χ1n) is 5.83.